The number of rotatable bonds is 4. The standard InChI is InChI=1S/C17H14O2/c18-16(12-7-3-1-4-8-12)14-11-15(14)17(19)13-9-5-2-6-10-13/h1-10,14-15H,11H2/t14-,15-/m1/s1. The van der Waals surface area contributed by atoms with Crippen molar-refractivity contribution in [1.29, 1.82) is 0 Å². The summed E-state index contributed by atoms with van der Waals surface area (Å²) in [5, 5.41) is 0. The molecule has 2 aromatic rings. The molecule has 0 amide bonds. The van der Waals surface area contributed by atoms with Crippen molar-refractivity contribution >= 4 is 11.6 Å². The molecule has 0 radical (unpaired) electrons. The van der Waals surface area contributed by atoms with Crippen LogP contribution in [-0.4, -0.2) is 11.6 Å². The highest BCUT2D eigenvalue weighted by Gasteiger charge is 2.47. The lowest BCUT2D eigenvalue weighted by Crippen LogP contribution is -2.09. The predicted octanol–water partition coefficient (Wildman–Crippen LogP) is 3.39. The first-order valence-electron chi connectivity index (χ1n) is 6.46. The van der Waals surface area contributed by atoms with E-state index in [9.17, 15) is 9.59 Å². The lowest BCUT2D eigenvalue weighted by Gasteiger charge is -2.01. The van der Waals surface area contributed by atoms with Crippen LogP contribution in [0.2, 0.25) is 0 Å². The average Bonchev–Trinajstić information content (AvgIpc) is 3.28. The van der Waals surface area contributed by atoms with Gasteiger partial charge in [0.2, 0.25) is 0 Å². The first kappa shape index (κ1) is 11.8. The Morgan fingerprint density at radius 3 is 1.42 bits per heavy atom. The van der Waals surface area contributed by atoms with Gasteiger partial charge >= 0.3 is 0 Å². The molecule has 1 fully saturated rings. The van der Waals surface area contributed by atoms with Crippen molar-refractivity contribution in [2.24, 2.45) is 11.8 Å². The van der Waals surface area contributed by atoms with Crippen molar-refractivity contribution in [3.63, 3.8) is 0 Å². The molecule has 0 saturated heterocycles. The van der Waals surface area contributed by atoms with E-state index >= 15 is 0 Å². The van der Waals surface area contributed by atoms with Crippen LogP contribution in [0.15, 0.2) is 60.7 Å². The van der Waals surface area contributed by atoms with Gasteiger partial charge in [-0.05, 0) is 6.42 Å². The molecule has 2 atom stereocenters. The third kappa shape index (κ3) is 2.34. The highest BCUT2D eigenvalue weighted by atomic mass is 16.1. The zero-order chi connectivity index (χ0) is 13.2. The molecule has 0 spiro atoms. The minimum Gasteiger partial charge on any atom is -0.294 e. The lowest BCUT2D eigenvalue weighted by atomic mass is 10.0. The number of carbonyl (C=O) groups excluding carboxylic acids is 2. The Balaban J connectivity index is 1.72. The third-order valence-electron chi connectivity index (χ3n) is 3.58. The number of hydrogen-bond acceptors (Lipinski definition) is 2. The Hall–Kier alpha value is -2.22. The molecular weight excluding hydrogens is 236 g/mol. The zero-order valence-corrected chi connectivity index (χ0v) is 10.5. The SMILES string of the molecule is O=C(c1ccccc1)[C@@H]1C[C@H]1C(=O)c1ccccc1. The molecule has 0 bridgehead atoms. The van der Waals surface area contributed by atoms with Gasteiger partial charge in [-0.2, -0.15) is 0 Å². The highest BCUT2D eigenvalue weighted by Crippen LogP contribution is 2.43. The lowest BCUT2D eigenvalue weighted by molar-refractivity contribution is 0.0906. The van der Waals surface area contributed by atoms with Gasteiger partial charge in [-0.15, -0.1) is 0 Å². The number of ketones is 2. The Morgan fingerprint density at radius 1 is 0.684 bits per heavy atom. The summed E-state index contributed by atoms with van der Waals surface area (Å²) in [6.07, 6.45) is 0.682. The third-order valence-corrected chi connectivity index (χ3v) is 3.58. The van der Waals surface area contributed by atoms with Gasteiger partial charge in [0.1, 0.15) is 0 Å². The van der Waals surface area contributed by atoms with Gasteiger partial charge in [0.05, 0.1) is 0 Å². The topological polar surface area (TPSA) is 34.1 Å². The second kappa shape index (κ2) is 4.81. The van der Waals surface area contributed by atoms with Crippen LogP contribution in [-0.2, 0) is 0 Å². The first-order valence-corrected chi connectivity index (χ1v) is 6.46. The van der Waals surface area contributed by atoms with Gasteiger partial charge in [-0.1, -0.05) is 60.7 Å². The molecule has 2 aromatic carbocycles. The quantitative estimate of drug-likeness (QED) is 0.779. The molecule has 2 heteroatoms. The summed E-state index contributed by atoms with van der Waals surface area (Å²) in [5.74, 6) is -0.0741. The van der Waals surface area contributed by atoms with E-state index in [1.54, 1.807) is 0 Å². The molecule has 1 aliphatic rings. The van der Waals surface area contributed by atoms with E-state index in [0.717, 1.165) is 0 Å². The maximum Gasteiger partial charge on any atom is 0.166 e. The van der Waals surface area contributed by atoms with Gasteiger partial charge in [-0.3, -0.25) is 9.59 Å². The second-order valence-corrected chi connectivity index (χ2v) is 4.91. The molecule has 19 heavy (non-hydrogen) atoms. The fourth-order valence-electron chi connectivity index (χ4n) is 2.41. The fraction of sp³-hybridized carbons (Fsp3) is 0.176. The van der Waals surface area contributed by atoms with Crippen LogP contribution in [0.5, 0.6) is 0 Å². The molecule has 0 N–H and O–H groups in total. The van der Waals surface area contributed by atoms with Crippen LogP contribution >= 0.6 is 0 Å². The number of hydrogen-bond donors (Lipinski definition) is 0. The average molecular weight is 250 g/mol. The van der Waals surface area contributed by atoms with Crippen molar-refractivity contribution in [3.8, 4) is 0 Å². The summed E-state index contributed by atoms with van der Waals surface area (Å²) in [6.45, 7) is 0. The van der Waals surface area contributed by atoms with E-state index in [1.807, 2.05) is 60.7 Å². The number of benzene rings is 2. The van der Waals surface area contributed by atoms with Gasteiger partial charge in [0.15, 0.2) is 11.6 Å². The van der Waals surface area contributed by atoms with E-state index in [1.165, 1.54) is 0 Å². The molecule has 0 aliphatic heterocycles. The number of carbonyl (C=O) groups is 2. The summed E-state index contributed by atoms with van der Waals surface area (Å²) >= 11 is 0. The molecule has 1 saturated carbocycles. The smallest absolute Gasteiger partial charge is 0.166 e. The van der Waals surface area contributed by atoms with E-state index in [4.69, 9.17) is 0 Å². The zero-order valence-electron chi connectivity index (χ0n) is 10.5. The van der Waals surface area contributed by atoms with Gasteiger partial charge in [0.25, 0.3) is 0 Å². The van der Waals surface area contributed by atoms with Crippen molar-refractivity contribution in [3.05, 3.63) is 71.8 Å². The Bertz CT molecular complexity index is 546. The van der Waals surface area contributed by atoms with Crippen LogP contribution in [0, 0.1) is 11.8 Å². The van der Waals surface area contributed by atoms with Gasteiger partial charge < -0.3 is 0 Å². The Kier molecular flexibility index (Phi) is 3.00. The monoisotopic (exact) mass is 250 g/mol. The van der Waals surface area contributed by atoms with Crippen LogP contribution in [0.3, 0.4) is 0 Å². The van der Waals surface area contributed by atoms with Crippen molar-refractivity contribution < 1.29 is 9.59 Å². The largest absolute Gasteiger partial charge is 0.294 e. The molecule has 94 valence electrons. The minimum atomic E-state index is -0.130. The van der Waals surface area contributed by atoms with Crippen molar-refractivity contribution in [1.82, 2.24) is 0 Å². The molecule has 0 heterocycles. The molecule has 0 unspecified atom stereocenters. The number of Topliss-reactive ketones (excluding diaryl/α,β-unsaturated/α-hetero) is 2. The second-order valence-electron chi connectivity index (χ2n) is 4.91. The molecule has 0 aromatic heterocycles. The molecule has 2 nitrogen and oxygen atoms in total. The van der Waals surface area contributed by atoms with E-state index in [-0.39, 0.29) is 23.4 Å². The van der Waals surface area contributed by atoms with E-state index in [2.05, 4.69) is 0 Å². The first-order chi connectivity index (χ1) is 9.27. The normalized spacial score (nSPS) is 20.8. The van der Waals surface area contributed by atoms with Crippen LogP contribution in [0.25, 0.3) is 0 Å². The Labute approximate surface area is 112 Å². The predicted molar refractivity (Wildman–Crippen MR) is 73.1 cm³/mol. The van der Waals surface area contributed by atoms with Crippen LogP contribution < -0.4 is 0 Å². The molecule has 3 rings (SSSR count). The minimum absolute atomic E-state index is 0.0925. The summed E-state index contributed by atoms with van der Waals surface area (Å²) < 4.78 is 0. The summed E-state index contributed by atoms with van der Waals surface area (Å²) in [4.78, 5) is 24.4. The summed E-state index contributed by atoms with van der Waals surface area (Å²) in [5.41, 5.74) is 1.41. The molecular formula is C17H14O2. The van der Waals surface area contributed by atoms with E-state index in [0.29, 0.717) is 17.5 Å². The van der Waals surface area contributed by atoms with Gasteiger partial charge in [0, 0.05) is 23.0 Å². The van der Waals surface area contributed by atoms with E-state index < -0.39 is 0 Å². The van der Waals surface area contributed by atoms with Crippen molar-refractivity contribution in [2.75, 3.05) is 0 Å². The Morgan fingerprint density at radius 2 is 1.05 bits per heavy atom. The summed E-state index contributed by atoms with van der Waals surface area (Å²) in [6, 6.07) is 18.4. The maximum absolute atomic E-state index is 12.2. The van der Waals surface area contributed by atoms with Crippen LogP contribution in [0.4, 0.5) is 0 Å². The summed E-state index contributed by atoms with van der Waals surface area (Å²) in [7, 11) is 0. The fourth-order valence-corrected chi connectivity index (χ4v) is 2.41. The van der Waals surface area contributed by atoms with Crippen LogP contribution in [0.1, 0.15) is 27.1 Å². The van der Waals surface area contributed by atoms with Crippen molar-refractivity contribution in [2.45, 2.75) is 6.42 Å². The molecule has 1 aliphatic carbocycles. The maximum atomic E-state index is 12.2. The highest BCUT2D eigenvalue weighted by molar-refractivity contribution is 6.08. The van der Waals surface area contributed by atoms with Gasteiger partial charge in [-0.25, -0.2) is 0 Å².